The van der Waals surface area contributed by atoms with Crippen molar-refractivity contribution < 1.29 is 4.79 Å². The van der Waals surface area contributed by atoms with Crippen molar-refractivity contribution in [1.29, 1.82) is 0 Å². The molecule has 2 aromatic rings. The molecule has 1 atom stereocenters. The van der Waals surface area contributed by atoms with Crippen LogP contribution >= 0.6 is 24.8 Å². The normalized spacial score (nSPS) is 15.2. The third-order valence-electron chi connectivity index (χ3n) is 5.02. The van der Waals surface area contributed by atoms with Crippen LogP contribution < -0.4 is 10.6 Å². The number of nitrogens with zero attached hydrogens (tertiary/aromatic N) is 3. The fourth-order valence-corrected chi connectivity index (χ4v) is 3.57. The molecule has 2 heterocycles. The molecule has 2 N–H and O–H groups in total. The van der Waals surface area contributed by atoms with E-state index >= 15 is 0 Å². The fraction of sp³-hybridized carbons (Fsp3) is 0.500. The van der Waals surface area contributed by atoms with Gasteiger partial charge in [-0.3, -0.25) is 14.4 Å². The Kier molecular flexibility index (Phi) is 10.5. The molecule has 1 aromatic heterocycles. The lowest BCUT2D eigenvalue weighted by molar-refractivity contribution is -0.123. The standard InChI is InChI=1S/C20H29N5O.2ClH/c1-21-19(18-13-23-24(2)14-18)20(26)22-12-16-8-4-5-9-17(16)15-25-10-6-3-7-11-25;;/h4-5,8-9,13-14,19,21H,3,6-7,10-12,15H2,1-2H3,(H,22,26);2*1H. The minimum atomic E-state index is -0.391. The van der Waals surface area contributed by atoms with Crippen LogP contribution in [0.5, 0.6) is 0 Å². The van der Waals surface area contributed by atoms with E-state index in [1.807, 2.05) is 19.3 Å². The molecule has 1 fully saturated rings. The molecule has 1 aliphatic rings. The highest BCUT2D eigenvalue weighted by atomic mass is 35.5. The molecule has 3 rings (SSSR count). The minimum Gasteiger partial charge on any atom is -0.350 e. The van der Waals surface area contributed by atoms with Gasteiger partial charge in [0.15, 0.2) is 0 Å². The molecule has 0 aliphatic carbocycles. The number of carbonyl (C=O) groups excluding carboxylic acids is 1. The number of aryl methyl sites for hydroxylation is 1. The summed E-state index contributed by atoms with van der Waals surface area (Å²) in [5, 5.41) is 10.3. The third-order valence-corrected chi connectivity index (χ3v) is 5.02. The summed E-state index contributed by atoms with van der Waals surface area (Å²) in [4.78, 5) is 15.1. The van der Waals surface area contributed by atoms with Crippen molar-refractivity contribution in [2.45, 2.75) is 38.4 Å². The number of hydrogen-bond donors (Lipinski definition) is 2. The van der Waals surface area contributed by atoms with Gasteiger partial charge in [0.2, 0.25) is 5.91 Å². The van der Waals surface area contributed by atoms with Crippen LogP contribution in [0, 0.1) is 0 Å². The smallest absolute Gasteiger partial charge is 0.242 e. The lowest BCUT2D eigenvalue weighted by Crippen LogP contribution is -2.36. The lowest BCUT2D eigenvalue weighted by Gasteiger charge is -2.27. The van der Waals surface area contributed by atoms with Crippen molar-refractivity contribution in [2.75, 3.05) is 20.1 Å². The van der Waals surface area contributed by atoms with E-state index in [2.05, 4.69) is 38.8 Å². The number of hydrogen-bond acceptors (Lipinski definition) is 4. The number of benzene rings is 1. The highest BCUT2D eigenvalue weighted by Gasteiger charge is 2.20. The predicted octanol–water partition coefficient (Wildman–Crippen LogP) is 2.83. The van der Waals surface area contributed by atoms with Gasteiger partial charge in [0.05, 0.1) is 6.20 Å². The van der Waals surface area contributed by atoms with Gasteiger partial charge in [-0.25, -0.2) is 0 Å². The number of piperidine rings is 1. The zero-order valence-corrected chi connectivity index (χ0v) is 18.2. The number of likely N-dealkylation sites (N-methyl/N-ethyl adjacent to an activating group) is 1. The van der Waals surface area contributed by atoms with Gasteiger partial charge in [0.25, 0.3) is 0 Å². The second kappa shape index (κ2) is 12.1. The Bertz CT molecular complexity index is 731. The topological polar surface area (TPSA) is 62.2 Å². The largest absolute Gasteiger partial charge is 0.350 e. The van der Waals surface area contributed by atoms with Crippen LogP contribution in [0.4, 0.5) is 0 Å². The highest BCUT2D eigenvalue weighted by Crippen LogP contribution is 2.17. The third kappa shape index (κ3) is 6.48. The monoisotopic (exact) mass is 427 g/mol. The van der Waals surface area contributed by atoms with Gasteiger partial charge >= 0.3 is 0 Å². The average molecular weight is 428 g/mol. The number of halogens is 2. The molecule has 1 saturated heterocycles. The van der Waals surface area contributed by atoms with Crippen LogP contribution in [0.25, 0.3) is 0 Å². The first-order valence-corrected chi connectivity index (χ1v) is 9.40. The summed E-state index contributed by atoms with van der Waals surface area (Å²) in [5.41, 5.74) is 3.36. The van der Waals surface area contributed by atoms with E-state index in [1.165, 1.54) is 43.5 Å². The van der Waals surface area contributed by atoms with Crippen molar-refractivity contribution in [2.24, 2.45) is 7.05 Å². The Morgan fingerprint density at radius 3 is 2.43 bits per heavy atom. The van der Waals surface area contributed by atoms with Crippen LogP contribution in [0.2, 0.25) is 0 Å². The van der Waals surface area contributed by atoms with Crippen LogP contribution in [0.3, 0.4) is 0 Å². The van der Waals surface area contributed by atoms with Crippen molar-refractivity contribution in [3.63, 3.8) is 0 Å². The summed E-state index contributed by atoms with van der Waals surface area (Å²) < 4.78 is 1.71. The van der Waals surface area contributed by atoms with Crippen molar-refractivity contribution >= 4 is 30.7 Å². The second-order valence-electron chi connectivity index (χ2n) is 6.99. The molecule has 0 bridgehead atoms. The zero-order valence-electron chi connectivity index (χ0n) is 16.6. The molecule has 1 aromatic carbocycles. The van der Waals surface area contributed by atoms with E-state index in [0.717, 1.165) is 12.1 Å². The minimum absolute atomic E-state index is 0. The Hall–Kier alpha value is -1.60. The molecule has 1 amide bonds. The van der Waals surface area contributed by atoms with Gasteiger partial charge < -0.3 is 10.6 Å². The van der Waals surface area contributed by atoms with Gasteiger partial charge in [0, 0.05) is 31.9 Å². The van der Waals surface area contributed by atoms with E-state index < -0.39 is 6.04 Å². The van der Waals surface area contributed by atoms with E-state index in [4.69, 9.17) is 0 Å². The predicted molar refractivity (Wildman–Crippen MR) is 117 cm³/mol. The molecule has 0 spiro atoms. The molecule has 156 valence electrons. The van der Waals surface area contributed by atoms with Gasteiger partial charge in [0.1, 0.15) is 6.04 Å². The van der Waals surface area contributed by atoms with Gasteiger partial charge in [-0.2, -0.15) is 5.10 Å². The number of carbonyl (C=O) groups is 1. The van der Waals surface area contributed by atoms with Crippen molar-refractivity contribution in [3.05, 3.63) is 53.3 Å². The molecular formula is C20H31Cl2N5O. The van der Waals surface area contributed by atoms with Gasteiger partial charge in [-0.1, -0.05) is 30.7 Å². The molecule has 0 radical (unpaired) electrons. The maximum atomic E-state index is 12.6. The maximum Gasteiger partial charge on any atom is 0.242 e. The number of aromatic nitrogens is 2. The number of nitrogens with one attached hydrogen (secondary N) is 2. The number of amides is 1. The zero-order chi connectivity index (χ0) is 18.4. The highest BCUT2D eigenvalue weighted by molar-refractivity contribution is 5.85. The number of rotatable bonds is 7. The van der Waals surface area contributed by atoms with Crippen LogP contribution in [-0.4, -0.2) is 40.7 Å². The first kappa shape index (κ1) is 24.4. The van der Waals surface area contributed by atoms with E-state index in [1.54, 1.807) is 17.9 Å². The van der Waals surface area contributed by atoms with E-state index in [9.17, 15) is 4.79 Å². The summed E-state index contributed by atoms with van der Waals surface area (Å²) in [6.45, 7) is 3.85. The molecule has 1 unspecified atom stereocenters. The lowest BCUT2D eigenvalue weighted by atomic mass is 10.0. The molecule has 0 saturated carbocycles. The Balaban J connectivity index is 0.00000196. The first-order chi connectivity index (χ1) is 12.7. The average Bonchev–Trinajstić information content (AvgIpc) is 3.08. The first-order valence-electron chi connectivity index (χ1n) is 9.40. The van der Waals surface area contributed by atoms with Crippen LogP contribution in [0.15, 0.2) is 36.7 Å². The molecule has 28 heavy (non-hydrogen) atoms. The summed E-state index contributed by atoms with van der Waals surface area (Å²) in [5.74, 6) is -0.0340. The maximum absolute atomic E-state index is 12.6. The van der Waals surface area contributed by atoms with Crippen LogP contribution in [-0.2, 0) is 24.9 Å². The summed E-state index contributed by atoms with van der Waals surface area (Å²) in [6.07, 6.45) is 7.51. The fourth-order valence-electron chi connectivity index (χ4n) is 3.57. The Labute approximate surface area is 179 Å². The molecule has 6 nitrogen and oxygen atoms in total. The summed E-state index contributed by atoms with van der Waals surface area (Å²) >= 11 is 0. The van der Waals surface area contributed by atoms with Crippen molar-refractivity contribution in [3.8, 4) is 0 Å². The second-order valence-corrected chi connectivity index (χ2v) is 6.99. The Morgan fingerprint density at radius 1 is 1.14 bits per heavy atom. The Morgan fingerprint density at radius 2 is 1.82 bits per heavy atom. The van der Waals surface area contributed by atoms with E-state index in [-0.39, 0.29) is 30.7 Å². The number of likely N-dealkylation sites (tertiary alicyclic amines) is 1. The molecule has 8 heteroatoms. The van der Waals surface area contributed by atoms with Gasteiger partial charge in [-0.15, -0.1) is 24.8 Å². The van der Waals surface area contributed by atoms with Crippen LogP contribution in [0.1, 0.15) is 42.0 Å². The summed E-state index contributed by atoms with van der Waals surface area (Å²) in [7, 11) is 3.65. The SMILES string of the molecule is CNC(C(=O)NCc1ccccc1CN1CCCCC1)c1cnn(C)c1.Cl.Cl. The van der Waals surface area contributed by atoms with E-state index in [0.29, 0.717) is 6.54 Å². The van der Waals surface area contributed by atoms with Gasteiger partial charge in [-0.05, 0) is 44.1 Å². The molecule has 1 aliphatic heterocycles. The summed E-state index contributed by atoms with van der Waals surface area (Å²) in [6, 6.07) is 8.01. The van der Waals surface area contributed by atoms with Crippen molar-refractivity contribution in [1.82, 2.24) is 25.3 Å². The quantitative estimate of drug-likeness (QED) is 0.712. The molecular weight excluding hydrogens is 397 g/mol.